The van der Waals surface area contributed by atoms with Gasteiger partial charge < -0.3 is 4.98 Å². The van der Waals surface area contributed by atoms with Gasteiger partial charge in [0.15, 0.2) is 0 Å². The molecule has 6 nitrogen and oxygen atoms in total. The van der Waals surface area contributed by atoms with Crippen LogP contribution in [0.25, 0.3) is 33.1 Å². The summed E-state index contributed by atoms with van der Waals surface area (Å²) >= 11 is 0. The zero-order valence-corrected chi connectivity index (χ0v) is 17.1. The van der Waals surface area contributed by atoms with Crippen LogP contribution in [0.15, 0.2) is 83.7 Å². The first-order valence-corrected chi connectivity index (χ1v) is 10.1. The van der Waals surface area contributed by atoms with Gasteiger partial charge in [-0.3, -0.25) is 9.69 Å². The summed E-state index contributed by atoms with van der Waals surface area (Å²) in [4.78, 5) is 31.5. The van der Waals surface area contributed by atoms with E-state index in [0.717, 1.165) is 28.0 Å². The van der Waals surface area contributed by atoms with Gasteiger partial charge in [0.1, 0.15) is 11.6 Å². The SMILES string of the molecule is CN(Cc1nc(-c2ccccc2)c2ccccc2n1)Cc1nc2ccccc2c(=O)[nH]1. The Labute approximate surface area is 179 Å². The minimum absolute atomic E-state index is 0.123. The van der Waals surface area contributed by atoms with E-state index in [2.05, 4.69) is 28.2 Å². The second-order valence-corrected chi connectivity index (χ2v) is 7.57. The summed E-state index contributed by atoms with van der Waals surface area (Å²) in [5.41, 5.74) is 3.47. The molecule has 0 atom stereocenters. The van der Waals surface area contributed by atoms with Crippen LogP contribution in [-0.2, 0) is 13.1 Å². The largest absolute Gasteiger partial charge is 0.309 e. The molecule has 1 N–H and O–H groups in total. The molecule has 0 aliphatic rings. The van der Waals surface area contributed by atoms with Gasteiger partial charge in [-0.1, -0.05) is 60.7 Å². The highest BCUT2D eigenvalue weighted by molar-refractivity contribution is 5.92. The molecule has 2 heterocycles. The Kier molecular flexibility index (Phi) is 4.98. The summed E-state index contributed by atoms with van der Waals surface area (Å²) in [6, 6.07) is 25.6. The molecule has 0 radical (unpaired) electrons. The maximum atomic E-state index is 12.3. The normalized spacial score (nSPS) is 11.4. The minimum Gasteiger partial charge on any atom is -0.309 e. The highest BCUT2D eigenvalue weighted by Gasteiger charge is 2.12. The third-order valence-corrected chi connectivity index (χ3v) is 5.19. The van der Waals surface area contributed by atoms with Gasteiger partial charge in [0.05, 0.1) is 35.2 Å². The standard InChI is InChI=1S/C25H21N5O/c1-30(16-23-27-21-14-8-6-12-19(21)25(31)29-23)15-22-26-20-13-7-5-11-18(20)24(28-22)17-9-3-2-4-10-17/h2-14H,15-16H2,1H3,(H,27,29,31). The Morgan fingerprint density at radius 3 is 2.16 bits per heavy atom. The lowest BCUT2D eigenvalue weighted by Gasteiger charge is -2.16. The third kappa shape index (κ3) is 3.93. The molecule has 5 rings (SSSR count). The zero-order valence-electron chi connectivity index (χ0n) is 17.1. The smallest absolute Gasteiger partial charge is 0.258 e. The van der Waals surface area contributed by atoms with Crippen molar-refractivity contribution in [1.82, 2.24) is 24.8 Å². The van der Waals surface area contributed by atoms with Crippen LogP contribution in [0.2, 0.25) is 0 Å². The molecule has 0 amide bonds. The number of aromatic nitrogens is 4. The maximum Gasteiger partial charge on any atom is 0.258 e. The van der Waals surface area contributed by atoms with Crippen LogP contribution in [0, 0.1) is 0 Å². The number of rotatable bonds is 5. The summed E-state index contributed by atoms with van der Waals surface area (Å²) in [5.74, 6) is 1.35. The first kappa shape index (κ1) is 19.1. The number of fused-ring (bicyclic) bond motifs is 2. The number of nitrogens with zero attached hydrogens (tertiary/aromatic N) is 4. The van der Waals surface area contributed by atoms with Gasteiger partial charge in [-0.05, 0) is 25.2 Å². The molecular weight excluding hydrogens is 386 g/mol. The Balaban J connectivity index is 1.46. The molecule has 0 saturated carbocycles. The molecule has 6 heteroatoms. The first-order valence-electron chi connectivity index (χ1n) is 10.1. The average molecular weight is 407 g/mol. The van der Waals surface area contributed by atoms with Crippen molar-refractivity contribution in [3.63, 3.8) is 0 Å². The molecule has 0 aliphatic heterocycles. The first-order chi connectivity index (χ1) is 15.2. The Morgan fingerprint density at radius 2 is 1.39 bits per heavy atom. The number of nitrogens with one attached hydrogen (secondary N) is 1. The predicted molar refractivity (Wildman–Crippen MR) is 123 cm³/mol. The van der Waals surface area contributed by atoms with E-state index >= 15 is 0 Å². The van der Waals surface area contributed by atoms with Crippen LogP contribution in [-0.4, -0.2) is 31.9 Å². The molecule has 0 spiro atoms. The van der Waals surface area contributed by atoms with Crippen molar-refractivity contribution in [2.75, 3.05) is 7.05 Å². The maximum absolute atomic E-state index is 12.3. The second-order valence-electron chi connectivity index (χ2n) is 7.57. The van der Waals surface area contributed by atoms with Crippen molar-refractivity contribution in [2.45, 2.75) is 13.1 Å². The fraction of sp³-hybridized carbons (Fsp3) is 0.120. The predicted octanol–water partition coefficient (Wildman–Crippen LogP) is 4.17. The fourth-order valence-electron chi connectivity index (χ4n) is 3.77. The summed E-state index contributed by atoms with van der Waals surface area (Å²) in [7, 11) is 1.97. The van der Waals surface area contributed by atoms with Gasteiger partial charge in [0, 0.05) is 10.9 Å². The summed E-state index contributed by atoms with van der Waals surface area (Å²) in [6.45, 7) is 1.01. The Morgan fingerprint density at radius 1 is 0.742 bits per heavy atom. The van der Waals surface area contributed by atoms with E-state index < -0.39 is 0 Å². The van der Waals surface area contributed by atoms with Gasteiger partial charge >= 0.3 is 0 Å². The van der Waals surface area contributed by atoms with Crippen LogP contribution >= 0.6 is 0 Å². The van der Waals surface area contributed by atoms with Crippen molar-refractivity contribution in [3.8, 4) is 11.3 Å². The minimum atomic E-state index is -0.123. The van der Waals surface area contributed by atoms with Gasteiger partial charge in [0.2, 0.25) is 0 Å². The topological polar surface area (TPSA) is 74.8 Å². The number of benzene rings is 3. The van der Waals surface area contributed by atoms with E-state index in [-0.39, 0.29) is 5.56 Å². The van der Waals surface area contributed by atoms with E-state index in [1.54, 1.807) is 6.07 Å². The van der Waals surface area contributed by atoms with Crippen LogP contribution in [0.1, 0.15) is 11.6 Å². The molecule has 3 aromatic carbocycles. The van der Waals surface area contributed by atoms with E-state index in [1.165, 1.54) is 0 Å². The molecule has 2 aromatic heterocycles. The van der Waals surface area contributed by atoms with Crippen molar-refractivity contribution in [2.24, 2.45) is 0 Å². The monoisotopic (exact) mass is 407 g/mol. The van der Waals surface area contributed by atoms with Gasteiger partial charge in [0.25, 0.3) is 5.56 Å². The van der Waals surface area contributed by atoms with Crippen LogP contribution < -0.4 is 5.56 Å². The lowest BCUT2D eigenvalue weighted by atomic mass is 10.1. The molecule has 31 heavy (non-hydrogen) atoms. The molecule has 0 bridgehead atoms. The van der Waals surface area contributed by atoms with E-state index in [1.807, 2.05) is 66.5 Å². The van der Waals surface area contributed by atoms with Gasteiger partial charge in [-0.25, -0.2) is 15.0 Å². The molecule has 152 valence electrons. The lowest BCUT2D eigenvalue weighted by Crippen LogP contribution is -2.23. The van der Waals surface area contributed by atoms with E-state index in [9.17, 15) is 4.79 Å². The summed E-state index contributed by atoms with van der Waals surface area (Å²) < 4.78 is 0. The fourth-order valence-corrected chi connectivity index (χ4v) is 3.77. The number of hydrogen-bond acceptors (Lipinski definition) is 5. The highest BCUT2D eigenvalue weighted by atomic mass is 16.1. The number of hydrogen-bond donors (Lipinski definition) is 1. The van der Waals surface area contributed by atoms with Crippen molar-refractivity contribution in [1.29, 1.82) is 0 Å². The van der Waals surface area contributed by atoms with Crippen molar-refractivity contribution < 1.29 is 0 Å². The summed E-state index contributed by atoms with van der Waals surface area (Å²) in [5, 5.41) is 1.62. The molecular formula is C25H21N5O. The number of para-hydroxylation sites is 2. The van der Waals surface area contributed by atoms with Crippen LogP contribution in [0.3, 0.4) is 0 Å². The van der Waals surface area contributed by atoms with Crippen LogP contribution in [0.4, 0.5) is 0 Å². The molecule has 0 fully saturated rings. The van der Waals surface area contributed by atoms with E-state index in [4.69, 9.17) is 9.97 Å². The van der Waals surface area contributed by atoms with Gasteiger partial charge in [-0.2, -0.15) is 0 Å². The zero-order chi connectivity index (χ0) is 21.2. The highest BCUT2D eigenvalue weighted by Crippen LogP contribution is 2.26. The third-order valence-electron chi connectivity index (χ3n) is 5.19. The van der Waals surface area contributed by atoms with Crippen molar-refractivity contribution >= 4 is 21.8 Å². The van der Waals surface area contributed by atoms with Gasteiger partial charge in [-0.15, -0.1) is 0 Å². The Bertz CT molecular complexity index is 1430. The number of H-pyrrole nitrogens is 1. The van der Waals surface area contributed by atoms with Crippen LogP contribution in [0.5, 0.6) is 0 Å². The molecule has 5 aromatic rings. The number of aromatic amines is 1. The lowest BCUT2D eigenvalue weighted by molar-refractivity contribution is 0.303. The van der Waals surface area contributed by atoms with E-state index in [0.29, 0.717) is 29.8 Å². The second kappa shape index (κ2) is 8.08. The Hall–Kier alpha value is -3.90. The summed E-state index contributed by atoms with van der Waals surface area (Å²) in [6.07, 6.45) is 0. The molecule has 0 aliphatic carbocycles. The quantitative estimate of drug-likeness (QED) is 0.473. The molecule has 0 unspecified atom stereocenters. The van der Waals surface area contributed by atoms with Crippen molar-refractivity contribution in [3.05, 3.63) is 101 Å². The average Bonchev–Trinajstić information content (AvgIpc) is 2.79. The molecule has 0 saturated heterocycles.